The second kappa shape index (κ2) is 6.54. The van der Waals surface area contributed by atoms with E-state index in [0.717, 1.165) is 42.9 Å². The molecular formula is C20H21FN6O. The van der Waals surface area contributed by atoms with Crippen molar-refractivity contribution in [2.24, 2.45) is 0 Å². The van der Waals surface area contributed by atoms with Crippen LogP contribution in [0.2, 0.25) is 0 Å². The Hall–Kier alpha value is -3.03. The van der Waals surface area contributed by atoms with Crippen LogP contribution in [-0.4, -0.2) is 38.1 Å². The van der Waals surface area contributed by atoms with E-state index in [9.17, 15) is 9.18 Å². The van der Waals surface area contributed by atoms with Crippen molar-refractivity contribution in [1.82, 2.24) is 24.9 Å². The zero-order valence-corrected chi connectivity index (χ0v) is 15.6. The first-order valence-electron chi connectivity index (χ1n) is 9.66. The summed E-state index contributed by atoms with van der Waals surface area (Å²) < 4.78 is 15.7. The molecule has 2 bridgehead atoms. The van der Waals surface area contributed by atoms with Gasteiger partial charge in [0.25, 0.3) is 5.91 Å². The van der Waals surface area contributed by atoms with E-state index in [1.165, 1.54) is 6.20 Å². The number of nitrogens with one attached hydrogen (secondary N) is 1. The second-order valence-corrected chi connectivity index (χ2v) is 7.57. The Morgan fingerprint density at radius 1 is 1.29 bits per heavy atom. The summed E-state index contributed by atoms with van der Waals surface area (Å²) in [6, 6.07) is 3.48. The van der Waals surface area contributed by atoms with Gasteiger partial charge in [0.05, 0.1) is 18.4 Å². The topological polar surface area (TPSA) is 75.4 Å². The molecule has 2 atom stereocenters. The van der Waals surface area contributed by atoms with Gasteiger partial charge in [0, 0.05) is 24.5 Å². The van der Waals surface area contributed by atoms with E-state index in [-0.39, 0.29) is 23.8 Å². The highest BCUT2D eigenvalue weighted by Crippen LogP contribution is 2.37. The molecular weight excluding hydrogens is 359 g/mol. The van der Waals surface area contributed by atoms with Crippen LogP contribution in [0.4, 0.5) is 10.2 Å². The van der Waals surface area contributed by atoms with Gasteiger partial charge in [0.2, 0.25) is 0 Å². The van der Waals surface area contributed by atoms with Crippen molar-refractivity contribution in [2.45, 2.75) is 44.7 Å². The highest BCUT2D eigenvalue weighted by atomic mass is 19.1. The summed E-state index contributed by atoms with van der Waals surface area (Å²) in [5.74, 6) is 0.265. The van der Waals surface area contributed by atoms with E-state index in [1.54, 1.807) is 16.8 Å². The Morgan fingerprint density at radius 2 is 2.18 bits per heavy atom. The molecule has 2 aliphatic rings. The standard InChI is InChI=1S/C20H21FN6O/c1-12-4-5-16-14(9-13(21)10-22-16)17-3-2-7-26(17)18-6-8-27-19(25-18)15(11-23-27)20(28)24-12/h6,8-12,17H,2-5,7H2,1H3,(H,24,28)/t12-,17?/m1/s1. The summed E-state index contributed by atoms with van der Waals surface area (Å²) in [5, 5.41) is 7.27. The molecule has 2 aliphatic heterocycles. The summed E-state index contributed by atoms with van der Waals surface area (Å²) in [5.41, 5.74) is 2.81. The molecule has 3 aromatic rings. The summed E-state index contributed by atoms with van der Waals surface area (Å²) >= 11 is 0. The highest BCUT2D eigenvalue weighted by Gasteiger charge is 2.31. The number of rotatable bonds is 0. The SMILES string of the molecule is C[C@@H]1CCc2ncc(F)cc2C2CCCN2c2ccn3ncc(c3n2)C(=O)N1. The van der Waals surface area contributed by atoms with E-state index in [2.05, 4.69) is 20.3 Å². The number of fused-ring (bicyclic) bond motifs is 5. The van der Waals surface area contributed by atoms with Gasteiger partial charge in [0.1, 0.15) is 17.2 Å². The number of carbonyl (C=O) groups is 1. The van der Waals surface area contributed by atoms with E-state index in [4.69, 9.17) is 4.98 Å². The van der Waals surface area contributed by atoms with Gasteiger partial charge < -0.3 is 10.2 Å². The number of pyridine rings is 1. The zero-order chi connectivity index (χ0) is 19.3. The van der Waals surface area contributed by atoms with Crippen LogP contribution in [0, 0.1) is 5.82 Å². The molecule has 0 radical (unpaired) electrons. The summed E-state index contributed by atoms with van der Waals surface area (Å²) in [4.78, 5) is 24.1. The molecule has 0 saturated carbocycles. The predicted octanol–water partition coefficient (Wildman–Crippen LogP) is 2.67. The van der Waals surface area contributed by atoms with Gasteiger partial charge in [-0.15, -0.1) is 0 Å². The fourth-order valence-corrected chi connectivity index (χ4v) is 4.25. The van der Waals surface area contributed by atoms with Crippen LogP contribution in [-0.2, 0) is 6.42 Å². The number of hydrogen-bond acceptors (Lipinski definition) is 5. The second-order valence-electron chi connectivity index (χ2n) is 7.57. The number of aryl methyl sites for hydroxylation is 1. The average Bonchev–Trinajstić information content (AvgIpc) is 3.32. The average molecular weight is 380 g/mol. The van der Waals surface area contributed by atoms with Gasteiger partial charge in [-0.3, -0.25) is 9.78 Å². The van der Waals surface area contributed by atoms with Gasteiger partial charge in [-0.2, -0.15) is 5.10 Å². The lowest BCUT2D eigenvalue weighted by molar-refractivity contribution is 0.0940. The van der Waals surface area contributed by atoms with Crippen LogP contribution in [0.5, 0.6) is 0 Å². The molecule has 0 aromatic carbocycles. The van der Waals surface area contributed by atoms with E-state index < -0.39 is 0 Å². The minimum absolute atomic E-state index is 0.0271. The fraction of sp³-hybridized carbons (Fsp3) is 0.400. The smallest absolute Gasteiger partial charge is 0.256 e. The van der Waals surface area contributed by atoms with Crippen LogP contribution in [0.3, 0.4) is 0 Å². The number of halogens is 1. The molecule has 5 heterocycles. The first kappa shape index (κ1) is 17.1. The Morgan fingerprint density at radius 3 is 3.07 bits per heavy atom. The maximum atomic E-state index is 14.1. The Labute approximate surface area is 161 Å². The fourth-order valence-electron chi connectivity index (χ4n) is 4.25. The van der Waals surface area contributed by atoms with Gasteiger partial charge in [-0.25, -0.2) is 13.9 Å². The number of carbonyl (C=O) groups excluding carboxylic acids is 1. The molecule has 1 N–H and O–H groups in total. The molecule has 28 heavy (non-hydrogen) atoms. The van der Waals surface area contributed by atoms with Crippen molar-refractivity contribution in [2.75, 3.05) is 11.4 Å². The van der Waals surface area contributed by atoms with Crippen LogP contribution in [0.1, 0.15) is 53.8 Å². The van der Waals surface area contributed by atoms with Crippen LogP contribution in [0.15, 0.2) is 30.7 Å². The molecule has 1 fully saturated rings. The minimum Gasteiger partial charge on any atom is -0.349 e. The van der Waals surface area contributed by atoms with E-state index in [0.29, 0.717) is 17.6 Å². The first-order valence-corrected chi connectivity index (χ1v) is 9.66. The Bertz CT molecular complexity index is 1060. The summed E-state index contributed by atoms with van der Waals surface area (Å²) in [6.45, 7) is 2.79. The lowest BCUT2D eigenvalue weighted by atomic mass is 9.98. The van der Waals surface area contributed by atoms with E-state index in [1.807, 2.05) is 19.2 Å². The van der Waals surface area contributed by atoms with Crippen molar-refractivity contribution in [3.8, 4) is 0 Å². The van der Waals surface area contributed by atoms with Gasteiger partial charge in [-0.1, -0.05) is 0 Å². The van der Waals surface area contributed by atoms with E-state index >= 15 is 0 Å². The van der Waals surface area contributed by atoms with Crippen molar-refractivity contribution in [3.05, 3.63) is 53.4 Å². The molecule has 1 saturated heterocycles. The highest BCUT2D eigenvalue weighted by molar-refractivity contribution is 5.99. The van der Waals surface area contributed by atoms with Gasteiger partial charge >= 0.3 is 0 Å². The number of nitrogens with zero attached hydrogens (tertiary/aromatic N) is 5. The van der Waals surface area contributed by atoms with Crippen LogP contribution < -0.4 is 10.2 Å². The molecule has 144 valence electrons. The third-order valence-corrected chi connectivity index (χ3v) is 5.67. The molecule has 8 heteroatoms. The number of amides is 1. The largest absolute Gasteiger partial charge is 0.349 e. The maximum Gasteiger partial charge on any atom is 0.256 e. The summed E-state index contributed by atoms with van der Waals surface area (Å²) in [6.07, 6.45) is 7.97. The number of hydrogen-bond donors (Lipinski definition) is 1. The first-order chi connectivity index (χ1) is 13.6. The molecule has 1 amide bonds. The van der Waals surface area contributed by atoms with Crippen LogP contribution >= 0.6 is 0 Å². The maximum absolute atomic E-state index is 14.1. The predicted molar refractivity (Wildman–Crippen MR) is 102 cm³/mol. The van der Waals surface area contributed by atoms with Crippen molar-refractivity contribution < 1.29 is 9.18 Å². The van der Waals surface area contributed by atoms with Gasteiger partial charge in [-0.05, 0) is 50.3 Å². The molecule has 1 unspecified atom stereocenters. The normalized spacial score (nSPS) is 22.2. The summed E-state index contributed by atoms with van der Waals surface area (Å²) in [7, 11) is 0. The number of anilines is 1. The molecule has 7 nitrogen and oxygen atoms in total. The monoisotopic (exact) mass is 380 g/mol. The minimum atomic E-state index is -0.322. The molecule has 0 aliphatic carbocycles. The number of aromatic nitrogens is 4. The third kappa shape index (κ3) is 2.80. The Kier molecular flexibility index (Phi) is 3.99. The van der Waals surface area contributed by atoms with Crippen molar-refractivity contribution >= 4 is 17.4 Å². The van der Waals surface area contributed by atoms with Crippen molar-refractivity contribution in [3.63, 3.8) is 0 Å². The zero-order valence-electron chi connectivity index (χ0n) is 15.6. The lowest BCUT2D eigenvalue weighted by Crippen LogP contribution is -2.33. The van der Waals surface area contributed by atoms with Gasteiger partial charge in [0.15, 0.2) is 5.65 Å². The molecule has 3 aromatic heterocycles. The Balaban J connectivity index is 1.69. The third-order valence-electron chi connectivity index (χ3n) is 5.67. The quantitative estimate of drug-likeness (QED) is 0.649. The molecule has 5 rings (SSSR count). The van der Waals surface area contributed by atoms with Crippen molar-refractivity contribution in [1.29, 1.82) is 0 Å². The molecule has 0 spiro atoms. The van der Waals surface area contributed by atoms with Crippen LogP contribution in [0.25, 0.3) is 5.65 Å². The lowest BCUT2D eigenvalue weighted by Gasteiger charge is -2.27.